The number of nitrogens with zero attached hydrogens (tertiary/aromatic N) is 3. The number of allylic oxidation sites excluding steroid dienone is 6. The van der Waals surface area contributed by atoms with Crippen LogP contribution in [0.3, 0.4) is 0 Å². The molecule has 25 heteroatoms. The summed E-state index contributed by atoms with van der Waals surface area (Å²) in [6.07, 6.45) is 9.26. The van der Waals surface area contributed by atoms with Crippen LogP contribution in [0.2, 0.25) is 0 Å². The first-order valence-electron chi connectivity index (χ1n) is 23.1. The Balaban J connectivity index is 1.41. The largest absolute Gasteiger partial charge is 0.385 e. The number of hydrogen-bond donors (Lipinski definition) is 3. The Morgan fingerprint density at radius 1 is 0.694 bits per heavy atom. The van der Waals surface area contributed by atoms with E-state index in [2.05, 4.69) is 0 Å². The molecule has 2 aromatic rings. The lowest BCUT2D eigenvalue weighted by Crippen LogP contribution is -2.32. The summed E-state index contributed by atoms with van der Waals surface area (Å²) < 4.78 is 138. The molecule has 22 nitrogen and oxygen atoms in total. The molecular formula is C47H64N3O19S3+. The van der Waals surface area contributed by atoms with Gasteiger partial charge in [-0.3, -0.25) is 23.2 Å². The standard InChI is InChI=1S/C47H63N3O19S3/c1-46(18-8-32-70(54,55)56)37-33-35(71(57,58)59)11-13-39(37)48(20-24-67-30-31-68-27-26-64-4)41(46)9-6-5-7-10-42-47(2,19-23-63-3)38-34-36(72(60,61)62)12-14-40(38)49(42)21-25-66-29-28-65-22-17-45(53)69-50-43(51)15-16-44(50)52/h5-7,9-14,33-34H,8,15-32H2,1-4H3,(H2-,54,55,56,57,58,59,60,61,62)/p+1. The summed E-state index contributed by atoms with van der Waals surface area (Å²) in [5.41, 5.74) is 1.87. The van der Waals surface area contributed by atoms with Crippen molar-refractivity contribution in [2.45, 2.75) is 73.0 Å². The summed E-state index contributed by atoms with van der Waals surface area (Å²) in [5, 5.41) is 0.470. The van der Waals surface area contributed by atoms with Crippen molar-refractivity contribution in [3.63, 3.8) is 0 Å². The molecule has 2 atom stereocenters. The zero-order chi connectivity index (χ0) is 52.7. The third-order valence-corrected chi connectivity index (χ3v) is 14.9. The highest BCUT2D eigenvalue weighted by atomic mass is 32.2. The van der Waals surface area contributed by atoms with E-state index in [0.29, 0.717) is 59.5 Å². The van der Waals surface area contributed by atoms with Gasteiger partial charge in [-0.2, -0.15) is 29.8 Å². The molecule has 398 valence electrons. The molecule has 0 radical (unpaired) electrons. The fourth-order valence-corrected chi connectivity index (χ4v) is 10.2. The number of amides is 2. The van der Waals surface area contributed by atoms with E-state index in [4.69, 9.17) is 33.3 Å². The Hall–Kier alpha value is -4.77. The van der Waals surface area contributed by atoms with Gasteiger partial charge in [-0.05, 0) is 75.1 Å². The average molecular weight is 1070 g/mol. The Labute approximate surface area is 420 Å². The molecule has 2 aromatic carbocycles. The van der Waals surface area contributed by atoms with Gasteiger partial charge >= 0.3 is 5.97 Å². The summed E-state index contributed by atoms with van der Waals surface area (Å²) in [6.45, 7) is 6.56. The number of fused-ring (bicyclic) bond motifs is 2. The number of hydroxylamine groups is 2. The predicted octanol–water partition coefficient (Wildman–Crippen LogP) is 3.73. The van der Waals surface area contributed by atoms with Crippen molar-refractivity contribution in [3.8, 4) is 0 Å². The molecule has 1 fully saturated rings. The zero-order valence-corrected chi connectivity index (χ0v) is 43.2. The molecule has 0 bridgehead atoms. The van der Waals surface area contributed by atoms with Gasteiger partial charge in [-0.1, -0.05) is 18.2 Å². The van der Waals surface area contributed by atoms with E-state index in [1.807, 2.05) is 29.4 Å². The van der Waals surface area contributed by atoms with Crippen LogP contribution in [0, 0.1) is 0 Å². The number of methoxy groups -OCH3 is 2. The fraction of sp³-hybridized carbons (Fsp3) is 0.532. The summed E-state index contributed by atoms with van der Waals surface area (Å²) in [5.74, 6) is -2.51. The number of carbonyl (C=O) groups is 3. The highest BCUT2D eigenvalue weighted by molar-refractivity contribution is 7.86. The maximum Gasteiger partial charge on any atom is 0.335 e. The van der Waals surface area contributed by atoms with Crippen molar-refractivity contribution >= 4 is 65.2 Å². The molecule has 1 saturated heterocycles. The Kier molecular flexibility index (Phi) is 20.9. The van der Waals surface area contributed by atoms with Crippen LogP contribution in [0.4, 0.5) is 11.4 Å². The number of benzene rings is 2. The maximum atomic E-state index is 12.4. The van der Waals surface area contributed by atoms with Crippen LogP contribution < -0.4 is 4.90 Å². The first-order chi connectivity index (χ1) is 34.0. The SMILES string of the molecule is COCCOCCOCC[N+]1=C(C=CC=CC=C2N(CCOCCOCCC(=O)ON3C(=O)CCC3=O)c3ccc(S(=O)(=O)O)cc3C2(C)CCOC)C(C)(CCCS(=O)(=O)O)c2cc(S(=O)(=O)O)ccc21. The molecule has 2 unspecified atom stereocenters. The number of hydrogen-bond acceptors (Lipinski definition) is 17. The van der Waals surface area contributed by atoms with E-state index in [1.54, 1.807) is 50.7 Å². The Bertz CT molecular complexity index is 2720. The molecule has 72 heavy (non-hydrogen) atoms. The summed E-state index contributed by atoms with van der Waals surface area (Å²) in [7, 11) is -10.5. The topological polar surface area (TPSA) is 288 Å². The predicted molar refractivity (Wildman–Crippen MR) is 260 cm³/mol. The van der Waals surface area contributed by atoms with Crippen molar-refractivity contribution in [3.05, 3.63) is 83.6 Å². The van der Waals surface area contributed by atoms with Gasteiger partial charge in [0.05, 0.1) is 80.2 Å². The van der Waals surface area contributed by atoms with Gasteiger partial charge in [-0.15, -0.1) is 5.06 Å². The second kappa shape index (κ2) is 25.9. The second-order valence-corrected chi connectivity index (χ2v) is 21.7. The zero-order valence-electron chi connectivity index (χ0n) is 40.7. The molecule has 3 aliphatic rings. The van der Waals surface area contributed by atoms with E-state index >= 15 is 0 Å². The molecule has 2 amide bonds. The van der Waals surface area contributed by atoms with Crippen LogP contribution in [0.5, 0.6) is 0 Å². The molecular weight excluding hydrogens is 1010 g/mol. The summed E-state index contributed by atoms with van der Waals surface area (Å²) in [4.78, 5) is 41.7. The normalized spacial score (nSPS) is 20.0. The first kappa shape index (κ1) is 58.1. The van der Waals surface area contributed by atoms with Crippen LogP contribution in [0.25, 0.3) is 0 Å². The van der Waals surface area contributed by atoms with Gasteiger partial charge in [0, 0.05) is 74.7 Å². The lowest BCUT2D eigenvalue weighted by molar-refractivity contribution is -0.442. The van der Waals surface area contributed by atoms with Gasteiger partial charge in [-0.25, -0.2) is 4.79 Å². The van der Waals surface area contributed by atoms with Gasteiger partial charge < -0.3 is 38.2 Å². The van der Waals surface area contributed by atoms with Gasteiger partial charge in [0.15, 0.2) is 12.3 Å². The summed E-state index contributed by atoms with van der Waals surface area (Å²) >= 11 is 0. The number of carbonyl (C=O) groups excluding carboxylic acids is 3. The maximum absolute atomic E-state index is 12.4. The quantitative estimate of drug-likeness (QED) is 0.0319. The second-order valence-electron chi connectivity index (χ2n) is 17.3. The molecule has 5 rings (SSSR count). The number of ether oxygens (including phenoxy) is 6. The van der Waals surface area contributed by atoms with Crippen LogP contribution >= 0.6 is 0 Å². The Morgan fingerprint density at radius 2 is 1.28 bits per heavy atom. The number of rotatable bonds is 31. The van der Waals surface area contributed by atoms with E-state index in [9.17, 15) is 53.3 Å². The molecule has 3 heterocycles. The van der Waals surface area contributed by atoms with Crippen LogP contribution in [0.15, 0.2) is 82.3 Å². The summed E-state index contributed by atoms with van der Waals surface area (Å²) in [6, 6.07) is 8.56. The minimum absolute atomic E-state index is 0.00328. The lowest BCUT2D eigenvalue weighted by atomic mass is 9.76. The van der Waals surface area contributed by atoms with Crippen LogP contribution in [-0.4, -0.2) is 171 Å². The van der Waals surface area contributed by atoms with E-state index in [0.717, 1.165) is 5.70 Å². The molecule has 3 N–H and O–H groups in total. The third-order valence-electron chi connectivity index (χ3n) is 12.4. The smallest absolute Gasteiger partial charge is 0.335 e. The van der Waals surface area contributed by atoms with Crippen LogP contribution in [-0.2, 0) is 88.8 Å². The minimum Gasteiger partial charge on any atom is -0.385 e. The monoisotopic (exact) mass is 1070 g/mol. The highest BCUT2D eigenvalue weighted by Crippen LogP contribution is 2.51. The van der Waals surface area contributed by atoms with Crippen molar-refractivity contribution in [1.82, 2.24) is 5.06 Å². The fourth-order valence-electron chi connectivity index (χ4n) is 8.72. The van der Waals surface area contributed by atoms with Gasteiger partial charge in [0.25, 0.3) is 42.2 Å². The van der Waals surface area contributed by atoms with Crippen LogP contribution in [0.1, 0.15) is 63.5 Å². The van der Waals surface area contributed by atoms with Crippen molar-refractivity contribution in [1.29, 1.82) is 0 Å². The molecule has 3 aliphatic heterocycles. The first-order valence-corrected chi connectivity index (χ1v) is 27.6. The average Bonchev–Trinajstić information content (AvgIpc) is 3.84. The van der Waals surface area contributed by atoms with Crippen molar-refractivity contribution in [2.75, 3.05) is 104 Å². The molecule has 0 spiro atoms. The van der Waals surface area contributed by atoms with Crippen molar-refractivity contribution in [2.24, 2.45) is 0 Å². The minimum atomic E-state index is -4.64. The van der Waals surface area contributed by atoms with Gasteiger partial charge in [0.2, 0.25) is 5.69 Å². The molecule has 0 saturated carbocycles. The third kappa shape index (κ3) is 15.4. The lowest BCUT2D eigenvalue weighted by Gasteiger charge is -2.30. The van der Waals surface area contributed by atoms with Gasteiger partial charge in [0.1, 0.15) is 6.61 Å². The number of imide groups is 1. The molecule has 0 aliphatic carbocycles. The van der Waals surface area contributed by atoms with Crippen molar-refractivity contribution < 1.29 is 91.1 Å². The van der Waals surface area contributed by atoms with E-state index in [-0.39, 0.29) is 101 Å². The Morgan fingerprint density at radius 3 is 1.90 bits per heavy atom. The van der Waals surface area contributed by atoms with E-state index < -0.39 is 64.7 Å². The number of anilines is 1. The van der Waals surface area contributed by atoms with E-state index in [1.165, 1.54) is 24.3 Å². The molecule has 0 aromatic heterocycles. The highest BCUT2D eigenvalue weighted by Gasteiger charge is 2.48.